The average molecular weight is 423 g/mol. The predicted molar refractivity (Wildman–Crippen MR) is 108 cm³/mol. The Morgan fingerprint density at radius 2 is 1.71 bits per heavy atom. The Kier molecular flexibility index (Phi) is 6.59. The summed E-state index contributed by atoms with van der Waals surface area (Å²) in [5.41, 5.74) is 1.12. The fraction of sp³-hybridized carbons (Fsp3) is 0.350. The summed E-state index contributed by atoms with van der Waals surface area (Å²) in [6, 6.07) is 13.6. The van der Waals surface area contributed by atoms with E-state index in [-0.39, 0.29) is 23.5 Å². The molecular weight excluding hydrogens is 400 g/mol. The quantitative estimate of drug-likeness (QED) is 0.776. The molecule has 150 valence electrons. The van der Waals surface area contributed by atoms with Gasteiger partial charge in [0.1, 0.15) is 5.75 Å². The summed E-state index contributed by atoms with van der Waals surface area (Å²) in [6.45, 7) is 2.63. The van der Waals surface area contributed by atoms with E-state index in [4.69, 9.17) is 16.3 Å². The Labute approximate surface area is 170 Å². The fourth-order valence-corrected chi connectivity index (χ4v) is 4.64. The maximum absolute atomic E-state index is 12.7. The van der Waals surface area contributed by atoms with Crippen LogP contribution in [0.3, 0.4) is 0 Å². The Bertz CT molecular complexity index is 906. The molecule has 1 amide bonds. The zero-order valence-electron chi connectivity index (χ0n) is 15.6. The van der Waals surface area contributed by atoms with Gasteiger partial charge in [-0.2, -0.15) is 4.31 Å². The molecule has 28 heavy (non-hydrogen) atoms. The van der Waals surface area contributed by atoms with Gasteiger partial charge in [-0.25, -0.2) is 8.42 Å². The summed E-state index contributed by atoms with van der Waals surface area (Å²) >= 11 is 5.83. The molecule has 2 aromatic carbocycles. The molecule has 1 saturated heterocycles. The summed E-state index contributed by atoms with van der Waals surface area (Å²) in [6.07, 6.45) is 1.12. The van der Waals surface area contributed by atoms with Gasteiger partial charge in [0.25, 0.3) is 5.91 Å². The molecule has 1 aliphatic heterocycles. The van der Waals surface area contributed by atoms with Crippen molar-refractivity contribution in [1.29, 1.82) is 0 Å². The van der Waals surface area contributed by atoms with Gasteiger partial charge >= 0.3 is 0 Å². The van der Waals surface area contributed by atoms with Crippen LogP contribution in [0.5, 0.6) is 5.75 Å². The van der Waals surface area contributed by atoms with Gasteiger partial charge in [0.2, 0.25) is 10.0 Å². The van der Waals surface area contributed by atoms with Crippen LogP contribution in [0.25, 0.3) is 0 Å². The first-order chi connectivity index (χ1) is 13.3. The molecule has 0 bridgehead atoms. The largest absolute Gasteiger partial charge is 0.484 e. The Balaban J connectivity index is 1.47. The highest BCUT2D eigenvalue weighted by Crippen LogP contribution is 2.22. The van der Waals surface area contributed by atoms with E-state index in [2.05, 4.69) is 5.32 Å². The van der Waals surface area contributed by atoms with Crippen LogP contribution in [0.1, 0.15) is 18.4 Å². The van der Waals surface area contributed by atoms with Crippen molar-refractivity contribution >= 4 is 27.5 Å². The number of carbonyl (C=O) groups excluding carboxylic acids is 1. The number of nitrogens with one attached hydrogen (secondary N) is 1. The smallest absolute Gasteiger partial charge is 0.258 e. The molecule has 0 atom stereocenters. The number of amides is 1. The Hall–Kier alpha value is -2.09. The number of hydrogen-bond donors (Lipinski definition) is 1. The van der Waals surface area contributed by atoms with E-state index in [0.29, 0.717) is 36.7 Å². The van der Waals surface area contributed by atoms with Crippen molar-refractivity contribution in [1.82, 2.24) is 9.62 Å². The van der Waals surface area contributed by atoms with Gasteiger partial charge in [-0.05, 0) is 56.2 Å². The van der Waals surface area contributed by atoms with Crippen LogP contribution in [-0.4, -0.2) is 44.4 Å². The number of carbonyl (C=O) groups is 1. The first-order valence-corrected chi connectivity index (χ1v) is 10.9. The molecule has 2 aromatic rings. The number of rotatable bonds is 6. The molecular formula is C20H23ClN2O4S. The third-order valence-corrected chi connectivity index (χ3v) is 6.83. The lowest BCUT2D eigenvalue weighted by molar-refractivity contribution is -0.124. The van der Waals surface area contributed by atoms with Crippen LogP contribution in [0.4, 0.5) is 0 Å². The van der Waals surface area contributed by atoms with Gasteiger partial charge in [-0.15, -0.1) is 0 Å². The molecule has 0 unspecified atom stereocenters. The first kappa shape index (κ1) is 20.6. The van der Waals surface area contributed by atoms with Gasteiger partial charge < -0.3 is 10.1 Å². The van der Waals surface area contributed by atoms with E-state index in [1.807, 2.05) is 31.2 Å². The average Bonchev–Trinajstić information content (AvgIpc) is 2.68. The molecule has 1 N–H and O–H groups in total. The number of nitrogens with zero attached hydrogens (tertiary/aromatic N) is 1. The Morgan fingerprint density at radius 1 is 1.11 bits per heavy atom. The minimum Gasteiger partial charge on any atom is -0.484 e. The van der Waals surface area contributed by atoms with Crippen LogP contribution >= 0.6 is 11.6 Å². The molecule has 1 heterocycles. The minimum absolute atomic E-state index is 0.0631. The van der Waals surface area contributed by atoms with Gasteiger partial charge in [-0.3, -0.25) is 4.79 Å². The number of aryl methyl sites for hydroxylation is 1. The summed E-state index contributed by atoms with van der Waals surface area (Å²) in [5.74, 6) is 0.434. The SMILES string of the molecule is Cc1ccc(OCC(=O)NC2CCN(S(=O)(=O)c3ccc(Cl)cc3)CC2)cc1. The van der Waals surface area contributed by atoms with E-state index >= 15 is 0 Å². The first-order valence-electron chi connectivity index (χ1n) is 9.09. The topological polar surface area (TPSA) is 75.7 Å². The van der Waals surface area contributed by atoms with Crippen LogP contribution in [0, 0.1) is 6.92 Å². The molecule has 0 aromatic heterocycles. The zero-order valence-corrected chi connectivity index (χ0v) is 17.2. The third kappa shape index (κ3) is 5.25. The lowest BCUT2D eigenvalue weighted by Crippen LogP contribution is -2.47. The molecule has 3 rings (SSSR count). The second kappa shape index (κ2) is 8.94. The molecule has 0 saturated carbocycles. The third-order valence-electron chi connectivity index (χ3n) is 4.66. The standard InChI is InChI=1S/C20H23ClN2O4S/c1-15-2-6-18(7-3-15)27-14-20(24)22-17-10-12-23(13-11-17)28(25,26)19-8-4-16(21)5-9-19/h2-9,17H,10-14H2,1H3,(H,22,24). The van der Waals surface area contributed by atoms with Crippen molar-refractivity contribution in [3.8, 4) is 5.75 Å². The molecule has 6 nitrogen and oxygen atoms in total. The highest BCUT2D eigenvalue weighted by molar-refractivity contribution is 7.89. The maximum atomic E-state index is 12.7. The number of sulfonamides is 1. The van der Waals surface area contributed by atoms with Crippen molar-refractivity contribution in [3.05, 3.63) is 59.1 Å². The van der Waals surface area contributed by atoms with Crippen LogP contribution in [0.2, 0.25) is 5.02 Å². The molecule has 0 aliphatic carbocycles. The highest BCUT2D eigenvalue weighted by atomic mass is 35.5. The van der Waals surface area contributed by atoms with Gasteiger partial charge in [-0.1, -0.05) is 29.3 Å². The monoisotopic (exact) mass is 422 g/mol. The summed E-state index contributed by atoms with van der Waals surface area (Å²) < 4.78 is 32.3. The van der Waals surface area contributed by atoms with Gasteiger partial charge in [0.05, 0.1) is 4.90 Å². The van der Waals surface area contributed by atoms with Crippen molar-refractivity contribution < 1.29 is 17.9 Å². The normalized spacial score (nSPS) is 15.9. The number of hydrogen-bond acceptors (Lipinski definition) is 4. The van der Waals surface area contributed by atoms with Crippen molar-refractivity contribution in [2.75, 3.05) is 19.7 Å². The fourth-order valence-electron chi connectivity index (χ4n) is 3.05. The minimum atomic E-state index is -3.54. The summed E-state index contributed by atoms with van der Waals surface area (Å²) in [5, 5.41) is 3.41. The number of halogens is 1. The Morgan fingerprint density at radius 3 is 2.32 bits per heavy atom. The van der Waals surface area contributed by atoms with E-state index in [1.165, 1.54) is 16.4 Å². The van der Waals surface area contributed by atoms with E-state index in [1.54, 1.807) is 12.1 Å². The van der Waals surface area contributed by atoms with Crippen molar-refractivity contribution in [2.45, 2.75) is 30.7 Å². The summed E-state index contributed by atoms with van der Waals surface area (Å²) in [7, 11) is -3.54. The van der Waals surface area contributed by atoms with Crippen LogP contribution < -0.4 is 10.1 Å². The lowest BCUT2D eigenvalue weighted by Gasteiger charge is -2.31. The number of ether oxygens (including phenoxy) is 1. The van der Waals surface area contributed by atoms with Gasteiger partial charge in [0.15, 0.2) is 6.61 Å². The van der Waals surface area contributed by atoms with Crippen LogP contribution in [-0.2, 0) is 14.8 Å². The highest BCUT2D eigenvalue weighted by Gasteiger charge is 2.29. The van der Waals surface area contributed by atoms with Crippen molar-refractivity contribution in [3.63, 3.8) is 0 Å². The number of piperidine rings is 1. The van der Waals surface area contributed by atoms with E-state index in [0.717, 1.165) is 5.56 Å². The zero-order chi connectivity index (χ0) is 20.1. The summed E-state index contributed by atoms with van der Waals surface area (Å²) in [4.78, 5) is 12.3. The van der Waals surface area contributed by atoms with Crippen LogP contribution in [0.15, 0.2) is 53.4 Å². The maximum Gasteiger partial charge on any atom is 0.258 e. The number of benzene rings is 2. The molecule has 1 aliphatic rings. The molecule has 0 radical (unpaired) electrons. The van der Waals surface area contributed by atoms with E-state index < -0.39 is 10.0 Å². The van der Waals surface area contributed by atoms with Gasteiger partial charge in [0, 0.05) is 24.2 Å². The van der Waals surface area contributed by atoms with E-state index in [9.17, 15) is 13.2 Å². The molecule has 1 fully saturated rings. The molecule has 8 heteroatoms. The second-order valence-corrected chi connectivity index (χ2v) is 9.18. The second-order valence-electron chi connectivity index (χ2n) is 6.80. The van der Waals surface area contributed by atoms with Crippen molar-refractivity contribution in [2.24, 2.45) is 0 Å². The predicted octanol–water partition coefficient (Wildman–Crippen LogP) is 3.00. The lowest BCUT2D eigenvalue weighted by atomic mass is 10.1. The molecule has 0 spiro atoms.